The number of allylic oxidation sites excluding steroid dienone is 2. The zero-order valence-electron chi connectivity index (χ0n) is 47.7. The van der Waals surface area contributed by atoms with Gasteiger partial charge in [-0.05, 0) is 116 Å². The van der Waals surface area contributed by atoms with Crippen LogP contribution in [0.25, 0.3) is 38.8 Å². The molecule has 0 saturated heterocycles. The predicted molar refractivity (Wildman–Crippen MR) is 329 cm³/mol. The van der Waals surface area contributed by atoms with Crippen LogP contribution in [0.5, 0.6) is 11.5 Å². The highest BCUT2D eigenvalue weighted by Gasteiger charge is 2.46. The second kappa shape index (κ2) is 19.7. The molecule has 5 nitrogen and oxygen atoms in total. The summed E-state index contributed by atoms with van der Waals surface area (Å²) in [6, 6.07) is 77.4. The fourth-order valence-corrected chi connectivity index (χ4v) is 11.8. The van der Waals surface area contributed by atoms with Gasteiger partial charge in [0.05, 0.1) is 29.1 Å². The lowest BCUT2D eigenvalue weighted by molar-refractivity contribution is 0.479. The lowest BCUT2D eigenvalue weighted by atomic mass is 9.73. The van der Waals surface area contributed by atoms with Crippen LogP contribution in [-0.4, -0.2) is 16.2 Å². The second-order valence-electron chi connectivity index (χ2n) is 25.1. The van der Waals surface area contributed by atoms with Crippen molar-refractivity contribution in [3.05, 3.63) is 263 Å². The summed E-state index contributed by atoms with van der Waals surface area (Å²) >= 11 is 0. The van der Waals surface area contributed by atoms with Crippen molar-refractivity contribution in [2.75, 3.05) is 16.5 Å². The number of fused-ring (bicyclic) bond motifs is 3. The number of rotatable bonds is 12. The van der Waals surface area contributed by atoms with E-state index in [1.165, 1.54) is 61.6 Å². The van der Waals surface area contributed by atoms with Gasteiger partial charge in [0, 0.05) is 56.7 Å². The highest BCUT2D eigenvalue weighted by molar-refractivity contribution is 6.10. The van der Waals surface area contributed by atoms with E-state index in [2.05, 4.69) is 310 Å². The van der Waals surface area contributed by atoms with E-state index >= 15 is 0 Å². The third-order valence-electron chi connectivity index (χ3n) is 16.6. The number of nitrogens with zero attached hydrogens (tertiary/aromatic N) is 4. The second-order valence-corrected chi connectivity index (χ2v) is 25.1. The van der Waals surface area contributed by atoms with Crippen LogP contribution >= 0.6 is 0 Å². The van der Waals surface area contributed by atoms with Gasteiger partial charge in [0.1, 0.15) is 17.3 Å². The average molecular weight is 1020 g/mol. The molecule has 0 aliphatic carbocycles. The van der Waals surface area contributed by atoms with E-state index in [4.69, 9.17) is 9.72 Å². The van der Waals surface area contributed by atoms with Gasteiger partial charge in [-0.1, -0.05) is 223 Å². The quantitative estimate of drug-likeness (QED) is 0.122. The molecule has 2 aromatic heterocycles. The third-order valence-corrected chi connectivity index (χ3v) is 16.6. The monoisotopic (exact) mass is 1020 g/mol. The molecule has 3 heterocycles. The Kier molecular flexibility index (Phi) is 13.1. The Morgan fingerprint density at radius 3 is 1.49 bits per heavy atom. The third kappa shape index (κ3) is 9.59. The molecule has 0 spiro atoms. The van der Waals surface area contributed by atoms with Crippen molar-refractivity contribution < 1.29 is 4.74 Å². The van der Waals surface area contributed by atoms with Crippen LogP contribution in [0, 0.1) is 0 Å². The number of pyridine rings is 1. The predicted octanol–water partition coefficient (Wildman–Crippen LogP) is 19.0. The van der Waals surface area contributed by atoms with E-state index in [-0.39, 0.29) is 16.2 Å². The number of benzene rings is 8. The first-order chi connectivity index (χ1) is 37.2. The summed E-state index contributed by atoms with van der Waals surface area (Å²) in [5, 5.41) is 2.29. The Balaban J connectivity index is 1.09. The fourth-order valence-electron chi connectivity index (χ4n) is 11.8. The minimum atomic E-state index is -0.432. The summed E-state index contributed by atoms with van der Waals surface area (Å²) in [5.41, 5.74) is 15.4. The van der Waals surface area contributed by atoms with Gasteiger partial charge in [0.25, 0.3) is 0 Å². The van der Waals surface area contributed by atoms with Gasteiger partial charge in [-0.15, -0.1) is 0 Å². The van der Waals surface area contributed by atoms with E-state index in [0.29, 0.717) is 6.67 Å². The smallest absolute Gasteiger partial charge is 0.137 e. The molecule has 0 unspecified atom stereocenters. The number of hydrogen-bond acceptors (Lipinski definition) is 4. The maximum Gasteiger partial charge on any atom is 0.137 e. The summed E-state index contributed by atoms with van der Waals surface area (Å²) < 4.78 is 9.60. The molecule has 1 aliphatic heterocycles. The Morgan fingerprint density at radius 1 is 0.359 bits per heavy atom. The lowest BCUT2D eigenvalue weighted by Crippen LogP contribution is -2.35. The summed E-state index contributed by atoms with van der Waals surface area (Å²) in [5.74, 6) is 2.39. The summed E-state index contributed by atoms with van der Waals surface area (Å²) in [4.78, 5) is 10.3. The number of hydrogen-bond donors (Lipinski definition) is 0. The van der Waals surface area contributed by atoms with Crippen molar-refractivity contribution >= 4 is 33.2 Å². The molecular weight excluding hydrogens is 949 g/mol. The van der Waals surface area contributed by atoms with Gasteiger partial charge in [0.2, 0.25) is 0 Å². The van der Waals surface area contributed by atoms with Crippen LogP contribution in [0.15, 0.2) is 230 Å². The Hall–Kier alpha value is -8.15. The molecule has 8 aromatic carbocycles. The molecule has 1 aliphatic rings. The van der Waals surface area contributed by atoms with Crippen molar-refractivity contribution in [3.8, 4) is 28.4 Å². The van der Waals surface area contributed by atoms with Crippen molar-refractivity contribution in [1.82, 2.24) is 9.55 Å². The van der Waals surface area contributed by atoms with Crippen molar-refractivity contribution in [3.63, 3.8) is 0 Å². The molecule has 5 heteroatoms. The highest BCUT2D eigenvalue weighted by Crippen LogP contribution is 2.51. The summed E-state index contributed by atoms with van der Waals surface area (Å²) in [6.45, 7) is 28.6. The molecule has 0 amide bonds. The SMILES string of the molecule is CC(C)(C)c1cccc(N2CN(c3cc(Oc4ccc5c6cc(-c7ccccc7)ccc6n(-c6cc(C(C)(C)c7ccccc7)ccn6)c5c4)cc(C(C)(C)C)c3)C(C(C)(C)c3ccccc3)=C2C(C)(C)c2ccccc2)c1. The zero-order chi connectivity index (χ0) is 54.8. The molecule has 78 heavy (non-hydrogen) atoms. The minimum absolute atomic E-state index is 0.0318. The molecule has 0 bridgehead atoms. The summed E-state index contributed by atoms with van der Waals surface area (Å²) in [7, 11) is 0. The van der Waals surface area contributed by atoms with Crippen LogP contribution in [-0.2, 0) is 27.1 Å². The first-order valence-corrected chi connectivity index (χ1v) is 27.7. The van der Waals surface area contributed by atoms with Crippen LogP contribution in [0.3, 0.4) is 0 Å². The van der Waals surface area contributed by atoms with Gasteiger partial charge in [-0.25, -0.2) is 4.98 Å². The largest absolute Gasteiger partial charge is 0.457 e. The van der Waals surface area contributed by atoms with Gasteiger partial charge >= 0.3 is 0 Å². The van der Waals surface area contributed by atoms with E-state index in [9.17, 15) is 0 Å². The van der Waals surface area contributed by atoms with Crippen LogP contribution in [0.2, 0.25) is 0 Å². The molecule has 0 fully saturated rings. The molecule has 11 rings (SSSR count). The Labute approximate surface area is 463 Å². The van der Waals surface area contributed by atoms with Gasteiger partial charge < -0.3 is 14.5 Å². The normalized spacial score (nSPS) is 13.7. The molecule has 0 N–H and O–H groups in total. The van der Waals surface area contributed by atoms with Crippen LogP contribution < -0.4 is 14.5 Å². The molecule has 10 aromatic rings. The number of ether oxygens (including phenoxy) is 1. The fraction of sp³-hybridized carbons (Fsp3) is 0.247. The topological polar surface area (TPSA) is 33.5 Å². The average Bonchev–Trinajstić information content (AvgIpc) is 4.16. The maximum absolute atomic E-state index is 7.28. The van der Waals surface area contributed by atoms with Gasteiger partial charge in [0.15, 0.2) is 0 Å². The van der Waals surface area contributed by atoms with Crippen molar-refractivity contribution in [2.45, 2.75) is 110 Å². The van der Waals surface area contributed by atoms with E-state index in [1.807, 2.05) is 6.20 Å². The van der Waals surface area contributed by atoms with E-state index in [1.54, 1.807) is 0 Å². The zero-order valence-corrected chi connectivity index (χ0v) is 47.7. The standard InChI is InChI=1S/C73H74N4O/c1-69(2,3)55-34-25-35-58(43-55)75-49-76(68(73(11,12)54-32-23-16-24-33-54)67(75)72(9,10)53-30-21-15-22-31-53)59-44-57(70(4,5)6)45-61(47-59)78-60-37-38-62-63-42-51(50-26-17-13-18-27-50)36-39-64(63)77(65(62)48-60)66-46-56(40-41-74-66)71(7,8)52-28-19-14-20-29-52/h13-48H,49H2,1-12H3. The lowest BCUT2D eigenvalue weighted by Gasteiger charge is -2.38. The maximum atomic E-state index is 7.28. The van der Waals surface area contributed by atoms with Gasteiger partial charge in [-0.3, -0.25) is 4.57 Å². The minimum Gasteiger partial charge on any atom is -0.457 e. The molecule has 392 valence electrons. The highest BCUT2D eigenvalue weighted by atomic mass is 16.5. The first-order valence-electron chi connectivity index (χ1n) is 27.7. The molecular formula is C73H74N4O. The van der Waals surface area contributed by atoms with Crippen molar-refractivity contribution in [1.29, 1.82) is 0 Å². The molecule has 0 saturated carbocycles. The van der Waals surface area contributed by atoms with Crippen molar-refractivity contribution in [2.24, 2.45) is 0 Å². The van der Waals surface area contributed by atoms with Gasteiger partial charge in [-0.2, -0.15) is 0 Å². The van der Waals surface area contributed by atoms with E-state index < -0.39 is 10.8 Å². The Morgan fingerprint density at radius 2 is 0.897 bits per heavy atom. The number of anilines is 2. The molecule has 0 atom stereocenters. The molecule has 0 radical (unpaired) electrons. The Bertz CT molecular complexity index is 3830. The first kappa shape index (κ1) is 51.9. The van der Waals surface area contributed by atoms with E-state index in [0.717, 1.165) is 44.8 Å². The summed E-state index contributed by atoms with van der Waals surface area (Å²) in [6.07, 6.45) is 1.96. The van der Waals surface area contributed by atoms with Crippen LogP contribution in [0.1, 0.15) is 116 Å². The number of aromatic nitrogens is 2. The van der Waals surface area contributed by atoms with Crippen LogP contribution in [0.4, 0.5) is 11.4 Å².